The first-order chi connectivity index (χ1) is 8.20. The van der Waals surface area contributed by atoms with E-state index >= 15 is 0 Å². The van der Waals surface area contributed by atoms with E-state index in [0.29, 0.717) is 11.8 Å². The van der Waals surface area contributed by atoms with Crippen molar-refractivity contribution >= 4 is 5.97 Å². The second-order valence-corrected chi connectivity index (χ2v) is 6.22. The van der Waals surface area contributed by atoms with E-state index in [1.807, 2.05) is 0 Å². The predicted molar refractivity (Wildman–Crippen MR) is 66.6 cm³/mol. The lowest BCUT2D eigenvalue weighted by Gasteiger charge is -2.11. The van der Waals surface area contributed by atoms with Crippen molar-refractivity contribution in [3.63, 3.8) is 0 Å². The van der Waals surface area contributed by atoms with Crippen molar-refractivity contribution in [1.29, 1.82) is 0 Å². The SMILES string of the molecule is CCCCC1CC2=C(C1)CC1C(C2)C1C(=O)O. The highest BCUT2D eigenvalue weighted by atomic mass is 16.4. The molecule has 3 rings (SSSR count). The normalized spacial score (nSPS) is 38.9. The third-order valence-electron chi connectivity index (χ3n) is 5.12. The zero-order valence-corrected chi connectivity index (χ0v) is 10.6. The molecule has 0 aromatic heterocycles. The van der Waals surface area contributed by atoms with Gasteiger partial charge in [0.15, 0.2) is 0 Å². The average molecular weight is 234 g/mol. The van der Waals surface area contributed by atoms with Gasteiger partial charge >= 0.3 is 5.97 Å². The third-order valence-corrected chi connectivity index (χ3v) is 5.12. The van der Waals surface area contributed by atoms with Crippen molar-refractivity contribution in [3.05, 3.63) is 11.1 Å². The standard InChI is InChI=1S/C15H22O2/c1-2-3-4-9-5-10-7-12-13(8-11(10)6-9)14(12)15(16)17/h9,12-14H,2-8H2,1H3,(H,16,17). The van der Waals surface area contributed by atoms with Crippen LogP contribution in [0.25, 0.3) is 0 Å². The zero-order valence-electron chi connectivity index (χ0n) is 10.6. The summed E-state index contributed by atoms with van der Waals surface area (Å²) in [6, 6.07) is 0. The number of unbranched alkanes of at least 4 members (excludes halogenated alkanes) is 1. The molecule has 0 aromatic carbocycles. The third kappa shape index (κ3) is 1.92. The van der Waals surface area contributed by atoms with Gasteiger partial charge in [0.1, 0.15) is 0 Å². The van der Waals surface area contributed by atoms with Gasteiger partial charge in [-0.25, -0.2) is 0 Å². The monoisotopic (exact) mass is 234 g/mol. The summed E-state index contributed by atoms with van der Waals surface area (Å²) in [5.74, 6) is 1.33. The topological polar surface area (TPSA) is 37.3 Å². The van der Waals surface area contributed by atoms with Crippen molar-refractivity contribution < 1.29 is 9.90 Å². The van der Waals surface area contributed by atoms with Crippen LogP contribution in [0, 0.1) is 23.7 Å². The average Bonchev–Trinajstić information content (AvgIpc) is 2.84. The van der Waals surface area contributed by atoms with E-state index in [2.05, 4.69) is 6.92 Å². The highest BCUT2D eigenvalue weighted by Gasteiger charge is 2.57. The first-order valence-corrected chi connectivity index (χ1v) is 7.13. The molecule has 0 saturated heterocycles. The van der Waals surface area contributed by atoms with Gasteiger partial charge in [-0.1, -0.05) is 30.9 Å². The maximum Gasteiger partial charge on any atom is 0.307 e. The Morgan fingerprint density at radius 3 is 2.24 bits per heavy atom. The molecule has 2 unspecified atom stereocenters. The van der Waals surface area contributed by atoms with Gasteiger partial charge in [-0.15, -0.1) is 0 Å². The van der Waals surface area contributed by atoms with Gasteiger partial charge in [0.2, 0.25) is 0 Å². The zero-order chi connectivity index (χ0) is 12.0. The van der Waals surface area contributed by atoms with Gasteiger partial charge in [-0.3, -0.25) is 4.79 Å². The van der Waals surface area contributed by atoms with Gasteiger partial charge in [0.25, 0.3) is 0 Å². The quantitative estimate of drug-likeness (QED) is 0.754. The summed E-state index contributed by atoms with van der Waals surface area (Å²) in [6.45, 7) is 2.26. The smallest absolute Gasteiger partial charge is 0.307 e. The number of allylic oxidation sites excluding steroid dienone is 2. The molecule has 1 N–H and O–H groups in total. The lowest BCUT2D eigenvalue weighted by molar-refractivity contribution is -0.139. The number of rotatable bonds is 4. The molecule has 94 valence electrons. The van der Waals surface area contributed by atoms with E-state index in [0.717, 1.165) is 18.8 Å². The minimum absolute atomic E-state index is 0.00491. The van der Waals surface area contributed by atoms with E-state index in [4.69, 9.17) is 5.11 Å². The molecule has 1 saturated carbocycles. The molecule has 0 amide bonds. The Balaban J connectivity index is 1.57. The number of carbonyl (C=O) groups is 1. The number of hydrogen-bond acceptors (Lipinski definition) is 1. The molecule has 3 aliphatic carbocycles. The molecular formula is C15H22O2. The lowest BCUT2D eigenvalue weighted by Crippen LogP contribution is -2.01. The van der Waals surface area contributed by atoms with Crippen molar-refractivity contribution in [1.82, 2.24) is 0 Å². The van der Waals surface area contributed by atoms with E-state index < -0.39 is 5.97 Å². The summed E-state index contributed by atoms with van der Waals surface area (Å²) < 4.78 is 0. The van der Waals surface area contributed by atoms with Crippen LogP contribution >= 0.6 is 0 Å². The Morgan fingerprint density at radius 2 is 1.76 bits per heavy atom. The number of aliphatic carboxylic acids is 1. The summed E-state index contributed by atoms with van der Waals surface area (Å²) in [5.41, 5.74) is 3.30. The number of carboxylic acids is 1. The first-order valence-electron chi connectivity index (χ1n) is 7.13. The van der Waals surface area contributed by atoms with Gasteiger partial charge in [-0.05, 0) is 49.9 Å². The molecular weight excluding hydrogens is 212 g/mol. The molecule has 0 bridgehead atoms. The van der Waals surface area contributed by atoms with Crippen molar-refractivity contribution in [2.75, 3.05) is 0 Å². The molecule has 0 spiro atoms. The van der Waals surface area contributed by atoms with E-state index in [1.165, 1.54) is 32.1 Å². The fourth-order valence-corrected chi connectivity index (χ4v) is 4.15. The number of carboxylic acid groups (broad SMARTS) is 1. The maximum absolute atomic E-state index is 11.0. The van der Waals surface area contributed by atoms with Crippen molar-refractivity contribution in [2.45, 2.75) is 51.9 Å². The lowest BCUT2D eigenvalue weighted by atomic mass is 9.94. The van der Waals surface area contributed by atoms with Gasteiger partial charge in [-0.2, -0.15) is 0 Å². The Morgan fingerprint density at radius 1 is 1.18 bits per heavy atom. The van der Waals surface area contributed by atoms with Crippen molar-refractivity contribution in [3.8, 4) is 0 Å². The second kappa shape index (κ2) is 4.15. The Hall–Kier alpha value is -0.790. The van der Waals surface area contributed by atoms with Crippen LogP contribution in [0.4, 0.5) is 0 Å². The van der Waals surface area contributed by atoms with Gasteiger partial charge in [0, 0.05) is 0 Å². The molecule has 0 radical (unpaired) electrons. The molecule has 0 aliphatic heterocycles. The Kier molecular flexibility index (Phi) is 2.76. The molecule has 2 atom stereocenters. The summed E-state index contributed by atoms with van der Waals surface area (Å²) in [7, 11) is 0. The molecule has 17 heavy (non-hydrogen) atoms. The molecule has 2 nitrogen and oxygen atoms in total. The minimum atomic E-state index is -0.552. The van der Waals surface area contributed by atoms with Crippen LogP contribution in [-0.4, -0.2) is 11.1 Å². The van der Waals surface area contributed by atoms with Crippen LogP contribution in [0.5, 0.6) is 0 Å². The summed E-state index contributed by atoms with van der Waals surface area (Å²) in [6.07, 6.45) is 8.82. The first kappa shape index (κ1) is 11.3. The second-order valence-electron chi connectivity index (χ2n) is 6.22. The van der Waals surface area contributed by atoms with Crippen LogP contribution in [0.3, 0.4) is 0 Å². The van der Waals surface area contributed by atoms with E-state index in [1.54, 1.807) is 11.1 Å². The summed E-state index contributed by atoms with van der Waals surface area (Å²) in [5, 5.41) is 9.10. The van der Waals surface area contributed by atoms with Crippen LogP contribution in [-0.2, 0) is 4.79 Å². The largest absolute Gasteiger partial charge is 0.481 e. The molecule has 0 aromatic rings. The molecule has 2 heteroatoms. The highest BCUT2D eigenvalue weighted by Crippen LogP contribution is 2.60. The molecule has 1 fully saturated rings. The van der Waals surface area contributed by atoms with Crippen LogP contribution < -0.4 is 0 Å². The van der Waals surface area contributed by atoms with Crippen LogP contribution in [0.15, 0.2) is 11.1 Å². The summed E-state index contributed by atoms with van der Waals surface area (Å²) in [4.78, 5) is 11.0. The predicted octanol–water partition coefficient (Wildman–Crippen LogP) is 3.62. The molecule has 3 aliphatic rings. The van der Waals surface area contributed by atoms with E-state index in [9.17, 15) is 4.79 Å². The maximum atomic E-state index is 11.0. The van der Waals surface area contributed by atoms with Crippen LogP contribution in [0.2, 0.25) is 0 Å². The number of hydrogen-bond donors (Lipinski definition) is 1. The van der Waals surface area contributed by atoms with Gasteiger partial charge < -0.3 is 5.11 Å². The Bertz CT molecular complexity index is 345. The highest BCUT2D eigenvalue weighted by molar-refractivity contribution is 5.74. The number of fused-ring (bicyclic) bond motifs is 1. The molecule has 0 heterocycles. The van der Waals surface area contributed by atoms with E-state index in [-0.39, 0.29) is 5.92 Å². The van der Waals surface area contributed by atoms with Crippen LogP contribution in [0.1, 0.15) is 51.9 Å². The fourth-order valence-electron chi connectivity index (χ4n) is 4.15. The minimum Gasteiger partial charge on any atom is -0.481 e. The van der Waals surface area contributed by atoms with Crippen molar-refractivity contribution in [2.24, 2.45) is 23.7 Å². The summed E-state index contributed by atoms with van der Waals surface area (Å²) >= 11 is 0. The Labute approximate surface area is 103 Å². The fraction of sp³-hybridized carbons (Fsp3) is 0.800. The van der Waals surface area contributed by atoms with Gasteiger partial charge in [0.05, 0.1) is 5.92 Å².